The van der Waals surface area contributed by atoms with E-state index in [1.54, 1.807) is 18.2 Å². The number of hydrogen-bond donors (Lipinski definition) is 0. The van der Waals surface area contributed by atoms with Gasteiger partial charge in [0.05, 0.1) is 17.2 Å². The number of hydrogen-bond acceptors (Lipinski definition) is 3. The largest absolute Gasteiger partial charge is 0.341 e. The highest BCUT2D eigenvalue weighted by atomic mass is 35.5. The molecule has 1 saturated carbocycles. The van der Waals surface area contributed by atoms with Crippen molar-refractivity contribution >= 4 is 28.4 Å². The van der Waals surface area contributed by atoms with Crippen molar-refractivity contribution in [2.45, 2.75) is 38.6 Å². The lowest BCUT2D eigenvalue weighted by Crippen LogP contribution is -2.46. The number of likely N-dealkylation sites (tertiary alicyclic amines) is 1. The smallest absolute Gasteiger partial charge is 0.261 e. The number of amides is 1. The number of rotatable bonds is 2. The summed E-state index contributed by atoms with van der Waals surface area (Å²) in [4.78, 5) is 31.5. The number of carbonyl (C=O) groups excluding carboxylic acids is 1. The summed E-state index contributed by atoms with van der Waals surface area (Å²) in [6.45, 7) is 1.69. The lowest BCUT2D eigenvalue weighted by Gasteiger charge is -2.41. The highest BCUT2D eigenvalue weighted by molar-refractivity contribution is 6.31. The van der Waals surface area contributed by atoms with E-state index in [0.717, 1.165) is 25.4 Å². The van der Waals surface area contributed by atoms with E-state index in [1.807, 2.05) is 4.90 Å². The molecule has 1 aromatic carbocycles. The molecule has 0 unspecified atom stereocenters. The molecular formula is C19H22ClN3O2. The molecule has 2 aliphatic rings. The van der Waals surface area contributed by atoms with Gasteiger partial charge in [0.1, 0.15) is 6.54 Å². The molecule has 4 rings (SSSR count). The SMILES string of the molecule is O=C(Cn1cnc2ccc(Cl)cc2c1=O)N1CC[C@@H]2CCCC[C@@H]2C1. The quantitative estimate of drug-likeness (QED) is 0.828. The average Bonchev–Trinajstić information content (AvgIpc) is 2.64. The highest BCUT2D eigenvalue weighted by Gasteiger charge is 2.32. The van der Waals surface area contributed by atoms with E-state index < -0.39 is 0 Å². The minimum Gasteiger partial charge on any atom is -0.341 e. The second-order valence-corrected chi connectivity index (χ2v) is 7.71. The molecule has 25 heavy (non-hydrogen) atoms. The fourth-order valence-electron chi connectivity index (χ4n) is 4.32. The minimum absolute atomic E-state index is 0.00861. The number of halogens is 1. The van der Waals surface area contributed by atoms with Gasteiger partial charge < -0.3 is 4.90 Å². The van der Waals surface area contributed by atoms with Gasteiger partial charge in [0.25, 0.3) is 5.56 Å². The third-order valence-corrected chi connectivity index (χ3v) is 5.97. The van der Waals surface area contributed by atoms with Gasteiger partial charge >= 0.3 is 0 Å². The molecule has 0 bridgehead atoms. The van der Waals surface area contributed by atoms with Crippen molar-refractivity contribution in [2.24, 2.45) is 11.8 Å². The molecule has 2 heterocycles. The van der Waals surface area contributed by atoms with Crippen LogP contribution < -0.4 is 5.56 Å². The van der Waals surface area contributed by atoms with E-state index in [2.05, 4.69) is 4.98 Å². The van der Waals surface area contributed by atoms with Crippen LogP contribution in [0.5, 0.6) is 0 Å². The molecule has 6 heteroatoms. The first kappa shape index (κ1) is 16.6. The molecule has 132 valence electrons. The third kappa shape index (κ3) is 3.30. The van der Waals surface area contributed by atoms with E-state index in [0.29, 0.717) is 21.8 Å². The molecule has 1 aromatic heterocycles. The predicted molar refractivity (Wildman–Crippen MR) is 97.7 cm³/mol. The Morgan fingerprint density at radius 1 is 1.20 bits per heavy atom. The van der Waals surface area contributed by atoms with Crippen LogP contribution in [-0.4, -0.2) is 33.4 Å². The maximum atomic E-state index is 12.7. The van der Waals surface area contributed by atoms with Crippen LogP contribution in [0.1, 0.15) is 32.1 Å². The maximum Gasteiger partial charge on any atom is 0.261 e. The van der Waals surface area contributed by atoms with Crippen LogP contribution in [0.2, 0.25) is 5.02 Å². The van der Waals surface area contributed by atoms with E-state index >= 15 is 0 Å². The van der Waals surface area contributed by atoms with Gasteiger partial charge in [-0.25, -0.2) is 4.98 Å². The number of benzene rings is 1. The monoisotopic (exact) mass is 359 g/mol. The van der Waals surface area contributed by atoms with Crippen LogP contribution in [0.25, 0.3) is 10.9 Å². The first-order valence-corrected chi connectivity index (χ1v) is 9.42. The number of nitrogens with zero attached hydrogens (tertiary/aromatic N) is 3. The molecular weight excluding hydrogens is 338 g/mol. The average molecular weight is 360 g/mol. The van der Waals surface area contributed by atoms with Gasteiger partial charge in [0, 0.05) is 18.1 Å². The minimum atomic E-state index is -0.214. The summed E-state index contributed by atoms with van der Waals surface area (Å²) in [5.41, 5.74) is 0.384. The van der Waals surface area contributed by atoms with E-state index in [1.165, 1.54) is 36.6 Å². The zero-order chi connectivity index (χ0) is 17.4. The van der Waals surface area contributed by atoms with Crippen LogP contribution in [0.15, 0.2) is 29.3 Å². The first-order chi connectivity index (χ1) is 12.1. The second-order valence-electron chi connectivity index (χ2n) is 7.27. The third-order valence-electron chi connectivity index (χ3n) is 5.74. The van der Waals surface area contributed by atoms with E-state index in [9.17, 15) is 9.59 Å². The summed E-state index contributed by atoms with van der Waals surface area (Å²) in [7, 11) is 0. The van der Waals surface area contributed by atoms with Gasteiger partial charge in [-0.05, 0) is 42.9 Å². The Morgan fingerprint density at radius 3 is 2.84 bits per heavy atom. The van der Waals surface area contributed by atoms with Crippen molar-refractivity contribution in [1.29, 1.82) is 0 Å². The summed E-state index contributed by atoms with van der Waals surface area (Å²) in [6.07, 6.45) is 7.69. The van der Waals surface area contributed by atoms with Crippen LogP contribution in [0.3, 0.4) is 0 Å². The molecule has 0 N–H and O–H groups in total. The zero-order valence-electron chi connectivity index (χ0n) is 14.2. The van der Waals surface area contributed by atoms with Gasteiger partial charge in [-0.2, -0.15) is 0 Å². The molecule has 1 amide bonds. The van der Waals surface area contributed by atoms with Crippen LogP contribution in [-0.2, 0) is 11.3 Å². The van der Waals surface area contributed by atoms with Gasteiger partial charge in [0.15, 0.2) is 0 Å². The number of aromatic nitrogens is 2. The predicted octanol–water partition coefficient (Wildman–Crippen LogP) is 3.09. The summed E-state index contributed by atoms with van der Waals surface area (Å²) in [5, 5.41) is 0.948. The normalized spacial score (nSPS) is 23.5. The molecule has 5 nitrogen and oxygen atoms in total. The lowest BCUT2D eigenvalue weighted by molar-refractivity contribution is -0.135. The Kier molecular flexibility index (Phi) is 4.50. The Morgan fingerprint density at radius 2 is 2.00 bits per heavy atom. The fraction of sp³-hybridized carbons (Fsp3) is 0.526. The van der Waals surface area contributed by atoms with Gasteiger partial charge in [-0.1, -0.05) is 30.9 Å². The molecule has 1 aliphatic carbocycles. The Hall–Kier alpha value is -1.88. The summed E-state index contributed by atoms with van der Waals surface area (Å²) in [6, 6.07) is 5.04. The van der Waals surface area contributed by atoms with Gasteiger partial charge in [-0.15, -0.1) is 0 Å². The molecule has 0 radical (unpaired) electrons. The first-order valence-electron chi connectivity index (χ1n) is 9.04. The standard InChI is InChI=1S/C19H22ClN3O2/c20-15-5-6-17-16(9-15)19(25)23(12-21-17)11-18(24)22-8-7-13-3-1-2-4-14(13)10-22/h5-6,9,12-14H,1-4,7-8,10-11H2/t13-,14+/m0/s1. The topological polar surface area (TPSA) is 55.2 Å². The zero-order valence-corrected chi connectivity index (χ0v) is 14.9. The fourth-order valence-corrected chi connectivity index (χ4v) is 4.49. The van der Waals surface area contributed by atoms with Gasteiger partial charge in [-0.3, -0.25) is 14.2 Å². The molecule has 2 atom stereocenters. The summed E-state index contributed by atoms with van der Waals surface area (Å²) in [5.74, 6) is 1.43. The Balaban J connectivity index is 1.52. The number of piperidine rings is 1. The van der Waals surface area contributed by atoms with Crippen LogP contribution >= 0.6 is 11.6 Å². The molecule has 1 saturated heterocycles. The molecule has 0 spiro atoms. The molecule has 1 aliphatic heterocycles. The highest BCUT2D eigenvalue weighted by Crippen LogP contribution is 2.36. The van der Waals surface area contributed by atoms with Crippen LogP contribution in [0.4, 0.5) is 0 Å². The second kappa shape index (κ2) is 6.79. The van der Waals surface area contributed by atoms with Crippen LogP contribution in [0, 0.1) is 11.8 Å². The Bertz CT molecular complexity index is 863. The molecule has 2 fully saturated rings. The van der Waals surface area contributed by atoms with Crippen molar-refractivity contribution in [1.82, 2.24) is 14.5 Å². The number of carbonyl (C=O) groups is 1. The summed E-state index contributed by atoms with van der Waals surface area (Å²) < 4.78 is 1.40. The maximum absolute atomic E-state index is 12.7. The summed E-state index contributed by atoms with van der Waals surface area (Å²) >= 11 is 5.98. The number of fused-ring (bicyclic) bond motifs is 2. The van der Waals surface area contributed by atoms with E-state index in [4.69, 9.17) is 11.6 Å². The van der Waals surface area contributed by atoms with Crippen molar-refractivity contribution in [2.75, 3.05) is 13.1 Å². The molecule has 2 aromatic rings. The van der Waals surface area contributed by atoms with Crippen molar-refractivity contribution in [3.05, 3.63) is 39.9 Å². The lowest BCUT2D eigenvalue weighted by atomic mass is 9.75. The van der Waals surface area contributed by atoms with Crippen molar-refractivity contribution < 1.29 is 4.79 Å². The van der Waals surface area contributed by atoms with E-state index in [-0.39, 0.29) is 18.0 Å². The van der Waals surface area contributed by atoms with Gasteiger partial charge in [0.2, 0.25) is 5.91 Å². The van der Waals surface area contributed by atoms with Crippen molar-refractivity contribution in [3.63, 3.8) is 0 Å². The van der Waals surface area contributed by atoms with Crippen molar-refractivity contribution in [3.8, 4) is 0 Å². The Labute approximate surface area is 151 Å².